The summed E-state index contributed by atoms with van der Waals surface area (Å²) in [5.74, 6) is 0.280. The van der Waals surface area contributed by atoms with Crippen LogP contribution in [0.15, 0.2) is 11.6 Å². The van der Waals surface area contributed by atoms with Gasteiger partial charge in [-0.05, 0) is 111 Å². The molecule has 5 heteroatoms. The second-order valence-corrected chi connectivity index (χ2v) is 14.6. The summed E-state index contributed by atoms with van der Waals surface area (Å²) in [5, 5.41) is 55.3. The molecule has 4 aliphatic rings. The Kier molecular flexibility index (Phi) is 6.93. The maximum Gasteiger partial charge on any atom is 0.0654 e. The van der Waals surface area contributed by atoms with Crippen LogP contribution in [0, 0.1) is 45.3 Å². The van der Waals surface area contributed by atoms with Crippen molar-refractivity contribution in [3.05, 3.63) is 11.6 Å². The van der Waals surface area contributed by atoms with E-state index in [0.29, 0.717) is 25.7 Å². The molecule has 4 rings (SSSR count). The van der Waals surface area contributed by atoms with Gasteiger partial charge in [-0.3, -0.25) is 0 Å². The normalized spacial score (nSPS) is 51.2. The minimum absolute atomic E-state index is 0.00351. The number of allylic oxidation sites excluding steroid dienone is 1. The molecule has 4 fully saturated rings. The van der Waals surface area contributed by atoms with E-state index in [4.69, 9.17) is 0 Å². The van der Waals surface area contributed by atoms with Gasteiger partial charge in [0.25, 0.3) is 0 Å². The topological polar surface area (TPSA) is 101 Å². The lowest BCUT2D eigenvalue weighted by Crippen LogP contribution is -2.69. The van der Waals surface area contributed by atoms with Crippen LogP contribution in [0.5, 0.6) is 0 Å². The second kappa shape index (κ2) is 8.80. The highest BCUT2D eigenvalue weighted by Gasteiger charge is 2.72. The summed E-state index contributed by atoms with van der Waals surface area (Å²) >= 11 is 0. The summed E-state index contributed by atoms with van der Waals surface area (Å²) in [5.41, 5.74) is -0.788. The summed E-state index contributed by atoms with van der Waals surface area (Å²) < 4.78 is 0. The fraction of sp³-hybridized carbons (Fsp3) is 0.933. The average Bonchev–Trinajstić information content (AvgIpc) is 3.13. The van der Waals surface area contributed by atoms with Gasteiger partial charge < -0.3 is 25.5 Å². The van der Waals surface area contributed by atoms with Crippen LogP contribution >= 0.6 is 0 Å². The number of hydrogen-bond acceptors (Lipinski definition) is 5. The number of rotatable bonds is 5. The van der Waals surface area contributed by atoms with Crippen LogP contribution in [0.2, 0.25) is 0 Å². The Morgan fingerprint density at radius 3 is 2.26 bits per heavy atom. The molecule has 0 heterocycles. The van der Waals surface area contributed by atoms with Crippen molar-refractivity contribution < 1.29 is 25.5 Å². The minimum Gasteiger partial charge on any atom is -0.393 e. The van der Waals surface area contributed by atoms with Crippen LogP contribution in [0.4, 0.5) is 0 Å². The molecular formula is C30H52O5. The molecule has 0 saturated heterocycles. The lowest BCUT2D eigenvalue weighted by atomic mass is 9.34. The molecule has 0 aliphatic heterocycles. The molecule has 0 bridgehead atoms. The molecule has 0 unspecified atom stereocenters. The maximum absolute atomic E-state index is 11.8. The Bertz CT molecular complexity index is 835. The first-order valence-corrected chi connectivity index (χ1v) is 14.1. The van der Waals surface area contributed by atoms with E-state index >= 15 is 0 Å². The third kappa shape index (κ3) is 3.90. The van der Waals surface area contributed by atoms with Gasteiger partial charge in [0.15, 0.2) is 0 Å². The van der Waals surface area contributed by atoms with Crippen LogP contribution in [-0.2, 0) is 0 Å². The first kappa shape index (κ1) is 27.6. The van der Waals surface area contributed by atoms with Crippen molar-refractivity contribution in [1.82, 2.24) is 0 Å². The molecule has 0 aromatic carbocycles. The van der Waals surface area contributed by atoms with Gasteiger partial charge in [0.05, 0.1) is 30.5 Å². The third-order valence-electron chi connectivity index (χ3n) is 12.4. The van der Waals surface area contributed by atoms with Crippen molar-refractivity contribution in [3.63, 3.8) is 0 Å². The molecular weight excluding hydrogens is 440 g/mol. The third-order valence-corrected chi connectivity index (χ3v) is 12.4. The molecule has 11 atom stereocenters. The quantitative estimate of drug-likeness (QED) is 0.365. The van der Waals surface area contributed by atoms with Gasteiger partial charge >= 0.3 is 0 Å². The van der Waals surface area contributed by atoms with Gasteiger partial charge in [-0.25, -0.2) is 0 Å². The maximum atomic E-state index is 11.8. The number of aliphatic hydroxyl groups is 5. The van der Waals surface area contributed by atoms with Crippen molar-refractivity contribution >= 4 is 0 Å². The fourth-order valence-electron chi connectivity index (χ4n) is 10.5. The predicted octanol–water partition coefficient (Wildman–Crippen LogP) is 4.44. The SMILES string of the molecule is C/C(=C\CC[C@](C)(O)[C@H]1CC[C@]2(C)[C@H]1[C@H](O)C[C@@H]1[C@@]3(C)CC[C@H](O)C(C)(C)[C@@H]3[C@@H](O)C[C@]12C)CO. The summed E-state index contributed by atoms with van der Waals surface area (Å²) in [7, 11) is 0. The Labute approximate surface area is 213 Å². The Balaban J connectivity index is 1.67. The average molecular weight is 493 g/mol. The van der Waals surface area contributed by atoms with E-state index in [1.165, 1.54) is 0 Å². The molecule has 0 amide bonds. The fourth-order valence-corrected chi connectivity index (χ4v) is 10.5. The number of fused-ring (bicyclic) bond motifs is 5. The second-order valence-electron chi connectivity index (χ2n) is 14.6. The minimum atomic E-state index is -0.893. The van der Waals surface area contributed by atoms with Gasteiger partial charge in [0.1, 0.15) is 0 Å². The van der Waals surface area contributed by atoms with Gasteiger partial charge in [-0.15, -0.1) is 0 Å². The van der Waals surface area contributed by atoms with Crippen molar-refractivity contribution in [3.8, 4) is 0 Å². The van der Waals surface area contributed by atoms with Crippen LogP contribution in [-0.4, -0.2) is 56.1 Å². The Morgan fingerprint density at radius 2 is 1.63 bits per heavy atom. The lowest BCUT2D eigenvalue weighted by Gasteiger charge is -2.71. The predicted molar refractivity (Wildman–Crippen MR) is 138 cm³/mol. The van der Waals surface area contributed by atoms with Gasteiger partial charge in [0, 0.05) is 0 Å². The molecule has 35 heavy (non-hydrogen) atoms. The summed E-state index contributed by atoms with van der Waals surface area (Å²) in [6.45, 7) is 15.1. The Morgan fingerprint density at radius 1 is 0.971 bits per heavy atom. The van der Waals surface area contributed by atoms with Crippen molar-refractivity contribution in [2.24, 2.45) is 45.3 Å². The largest absolute Gasteiger partial charge is 0.393 e. The molecule has 5 nitrogen and oxygen atoms in total. The van der Waals surface area contributed by atoms with Crippen molar-refractivity contribution in [1.29, 1.82) is 0 Å². The number of aliphatic hydroxyl groups excluding tert-OH is 4. The summed E-state index contributed by atoms with van der Waals surface area (Å²) in [4.78, 5) is 0. The highest BCUT2D eigenvalue weighted by molar-refractivity contribution is 5.21. The molecule has 4 saturated carbocycles. The molecule has 5 N–H and O–H groups in total. The first-order chi connectivity index (χ1) is 16.1. The van der Waals surface area contributed by atoms with E-state index in [1.54, 1.807) is 0 Å². The van der Waals surface area contributed by atoms with Gasteiger partial charge in [0.2, 0.25) is 0 Å². The molecule has 0 radical (unpaired) electrons. The van der Waals surface area contributed by atoms with E-state index in [1.807, 2.05) is 19.9 Å². The molecule has 0 spiro atoms. The molecule has 202 valence electrons. The van der Waals surface area contributed by atoms with E-state index in [9.17, 15) is 25.5 Å². The van der Waals surface area contributed by atoms with E-state index in [-0.39, 0.29) is 51.9 Å². The zero-order chi connectivity index (χ0) is 26.2. The van der Waals surface area contributed by atoms with Crippen LogP contribution in [0.1, 0.15) is 99.8 Å². The Hall–Kier alpha value is -0.460. The summed E-state index contributed by atoms with van der Waals surface area (Å²) in [6.07, 6.45) is 6.83. The van der Waals surface area contributed by atoms with Gasteiger partial charge in [-0.2, -0.15) is 0 Å². The van der Waals surface area contributed by atoms with Crippen LogP contribution in [0.3, 0.4) is 0 Å². The van der Waals surface area contributed by atoms with Gasteiger partial charge in [-0.1, -0.05) is 46.3 Å². The smallest absolute Gasteiger partial charge is 0.0654 e. The van der Waals surface area contributed by atoms with Crippen molar-refractivity contribution in [2.45, 2.75) is 124 Å². The zero-order valence-corrected chi connectivity index (χ0v) is 23.2. The highest BCUT2D eigenvalue weighted by atomic mass is 16.3. The molecule has 4 aliphatic carbocycles. The molecule has 0 aromatic heterocycles. The standard InChI is InChI=1S/C30H52O5/c1-18(17-31)9-8-12-30(7,35)19-10-14-28(5)24(19)20(32)15-22-27(4)13-11-23(34)26(2,3)25(27)21(33)16-29(22,28)6/h9,19-25,31-35H,8,10-17H2,1-7H3/b18-9+/t19-,20+,21-,22+,23-,24+,25-,27+,28+,29+,30-/m0/s1. The zero-order valence-electron chi connectivity index (χ0n) is 23.2. The number of hydrogen-bond donors (Lipinski definition) is 5. The first-order valence-electron chi connectivity index (χ1n) is 14.1. The monoisotopic (exact) mass is 492 g/mol. The van der Waals surface area contributed by atoms with Crippen LogP contribution < -0.4 is 0 Å². The highest BCUT2D eigenvalue weighted by Crippen LogP contribution is 2.75. The van der Waals surface area contributed by atoms with Crippen LogP contribution in [0.25, 0.3) is 0 Å². The lowest BCUT2D eigenvalue weighted by molar-refractivity contribution is -0.274. The van der Waals surface area contributed by atoms with E-state index in [2.05, 4.69) is 34.6 Å². The van der Waals surface area contributed by atoms with E-state index < -0.39 is 23.9 Å². The molecule has 0 aromatic rings. The van der Waals surface area contributed by atoms with Crippen molar-refractivity contribution in [2.75, 3.05) is 6.61 Å². The summed E-state index contributed by atoms with van der Waals surface area (Å²) in [6, 6.07) is 0. The van der Waals surface area contributed by atoms with E-state index in [0.717, 1.165) is 31.3 Å².